The number of phenols is 2. The molecule has 5 nitrogen and oxygen atoms in total. The van der Waals surface area contributed by atoms with E-state index in [2.05, 4.69) is 11.9 Å². The van der Waals surface area contributed by atoms with Crippen LogP contribution in [0.3, 0.4) is 0 Å². The molecule has 1 aromatic rings. The van der Waals surface area contributed by atoms with Crippen molar-refractivity contribution in [3.05, 3.63) is 35.1 Å². The number of aliphatic hydroxyl groups excluding tert-OH is 1. The fraction of sp³-hybridized carbons (Fsp3) is 0.471. The van der Waals surface area contributed by atoms with E-state index in [4.69, 9.17) is 0 Å². The monoisotopic (exact) mass is 301 g/mol. The summed E-state index contributed by atoms with van der Waals surface area (Å²) in [7, 11) is 2.06. The highest BCUT2D eigenvalue weighted by Crippen LogP contribution is 2.57. The lowest BCUT2D eigenvalue weighted by molar-refractivity contribution is -0.122. The van der Waals surface area contributed by atoms with Crippen LogP contribution in [0.4, 0.5) is 0 Å². The Hall–Kier alpha value is -2.01. The Morgan fingerprint density at radius 1 is 1.27 bits per heavy atom. The lowest BCUT2D eigenvalue weighted by atomic mass is 9.53. The van der Waals surface area contributed by atoms with Gasteiger partial charge in [-0.2, -0.15) is 0 Å². The number of rotatable bonds is 0. The number of hydrogen-bond acceptors (Lipinski definition) is 5. The number of piperidine rings is 1. The molecule has 0 spiro atoms. The summed E-state index contributed by atoms with van der Waals surface area (Å²) in [6.07, 6.45) is 3.32. The molecule has 2 bridgehead atoms. The van der Waals surface area contributed by atoms with Crippen molar-refractivity contribution in [3.8, 4) is 11.5 Å². The van der Waals surface area contributed by atoms with Crippen molar-refractivity contribution in [2.45, 2.75) is 30.7 Å². The van der Waals surface area contributed by atoms with Gasteiger partial charge in [0.15, 0.2) is 23.0 Å². The fourth-order valence-corrected chi connectivity index (χ4v) is 4.70. The maximum absolute atomic E-state index is 12.2. The van der Waals surface area contributed by atoms with Gasteiger partial charge in [0.25, 0.3) is 0 Å². The Kier molecular flexibility index (Phi) is 2.64. The molecular formula is C17H19NO4. The molecule has 0 amide bonds. The van der Waals surface area contributed by atoms with Gasteiger partial charge in [0, 0.05) is 29.4 Å². The van der Waals surface area contributed by atoms with Gasteiger partial charge in [0.05, 0.1) is 0 Å². The molecule has 3 unspecified atom stereocenters. The topological polar surface area (TPSA) is 81.0 Å². The minimum Gasteiger partial charge on any atom is -0.505 e. The Labute approximate surface area is 128 Å². The number of phenolic OH excluding ortho intramolecular Hbond substituents is 2. The van der Waals surface area contributed by atoms with E-state index in [9.17, 15) is 20.1 Å². The number of aromatic hydroxyl groups is 2. The number of hydrogen-bond donors (Lipinski definition) is 3. The van der Waals surface area contributed by atoms with Gasteiger partial charge >= 0.3 is 0 Å². The van der Waals surface area contributed by atoms with Crippen molar-refractivity contribution >= 4 is 5.78 Å². The van der Waals surface area contributed by atoms with Crippen LogP contribution in [-0.4, -0.2) is 45.6 Å². The number of carbonyl (C=O) groups excluding carboxylic acids is 1. The summed E-state index contributed by atoms with van der Waals surface area (Å²) < 4.78 is 0. The highest BCUT2D eigenvalue weighted by molar-refractivity contribution is 5.95. The van der Waals surface area contributed by atoms with Gasteiger partial charge in [-0.1, -0.05) is 6.07 Å². The number of carbonyl (C=O) groups is 1. The molecule has 3 aliphatic rings. The molecule has 1 heterocycles. The lowest BCUT2D eigenvalue weighted by Gasteiger charge is -2.56. The van der Waals surface area contributed by atoms with Crippen LogP contribution in [0.15, 0.2) is 24.0 Å². The summed E-state index contributed by atoms with van der Waals surface area (Å²) in [6, 6.07) is 3.55. The van der Waals surface area contributed by atoms with Gasteiger partial charge < -0.3 is 20.2 Å². The predicted molar refractivity (Wildman–Crippen MR) is 80.0 cm³/mol. The summed E-state index contributed by atoms with van der Waals surface area (Å²) in [4.78, 5) is 14.4. The molecule has 1 saturated heterocycles. The van der Waals surface area contributed by atoms with E-state index in [0.29, 0.717) is 5.56 Å². The Morgan fingerprint density at radius 2 is 2.05 bits per heavy atom. The molecule has 0 saturated carbocycles. The van der Waals surface area contributed by atoms with Crippen LogP contribution in [0.1, 0.15) is 24.0 Å². The molecular weight excluding hydrogens is 282 g/mol. The molecule has 0 aromatic heterocycles. The van der Waals surface area contributed by atoms with Crippen LogP contribution in [-0.2, 0) is 16.6 Å². The van der Waals surface area contributed by atoms with Crippen molar-refractivity contribution < 1.29 is 20.1 Å². The maximum atomic E-state index is 12.2. The number of likely N-dealkylation sites (tertiary alicyclic amines) is 1. The maximum Gasteiger partial charge on any atom is 0.197 e. The van der Waals surface area contributed by atoms with E-state index < -0.39 is 5.41 Å². The van der Waals surface area contributed by atoms with Gasteiger partial charge in [0.1, 0.15) is 0 Å². The third-order valence-corrected chi connectivity index (χ3v) is 5.80. The van der Waals surface area contributed by atoms with Crippen LogP contribution < -0.4 is 0 Å². The number of likely N-dealkylation sites (N-methyl/N-ethyl adjacent to an activating group) is 1. The minimum absolute atomic E-state index is 0.0239. The third kappa shape index (κ3) is 1.54. The second kappa shape index (κ2) is 4.26. The van der Waals surface area contributed by atoms with E-state index in [0.717, 1.165) is 24.9 Å². The first-order chi connectivity index (χ1) is 10.4. The van der Waals surface area contributed by atoms with E-state index >= 15 is 0 Å². The van der Waals surface area contributed by atoms with Gasteiger partial charge in [0.2, 0.25) is 0 Å². The van der Waals surface area contributed by atoms with Crippen molar-refractivity contribution in [1.82, 2.24) is 4.90 Å². The molecule has 1 aromatic carbocycles. The Balaban J connectivity index is 2.01. The quantitative estimate of drug-likeness (QED) is 0.635. The van der Waals surface area contributed by atoms with Gasteiger partial charge in [-0.25, -0.2) is 0 Å². The van der Waals surface area contributed by atoms with Gasteiger partial charge in [-0.15, -0.1) is 0 Å². The molecule has 2 aliphatic carbocycles. The van der Waals surface area contributed by atoms with Crippen molar-refractivity contribution in [2.24, 2.45) is 5.92 Å². The van der Waals surface area contributed by atoms with E-state index in [-0.39, 0.29) is 41.4 Å². The summed E-state index contributed by atoms with van der Waals surface area (Å²) in [5.41, 5.74) is 1.18. The summed E-state index contributed by atoms with van der Waals surface area (Å²) >= 11 is 0. The summed E-state index contributed by atoms with van der Waals surface area (Å²) in [5.74, 6) is -0.716. The molecule has 116 valence electrons. The number of ketones is 1. The summed E-state index contributed by atoms with van der Waals surface area (Å²) in [5, 5.41) is 30.3. The van der Waals surface area contributed by atoms with Crippen LogP contribution in [0.2, 0.25) is 0 Å². The predicted octanol–water partition coefficient (Wildman–Crippen LogP) is 1.63. The highest BCUT2D eigenvalue weighted by atomic mass is 16.3. The number of nitrogens with zero attached hydrogens (tertiary/aromatic N) is 1. The van der Waals surface area contributed by atoms with Crippen LogP contribution in [0.25, 0.3) is 0 Å². The van der Waals surface area contributed by atoms with Crippen molar-refractivity contribution in [3.63, 3.8) is 0 Å². The zero-order valence-electron chi connectivity index (χ0n) is 12.4. The summed E-state index contributed by atoms with van der Waals surface area (Å²) in [6.45, 7) is 0.831. The number of allylic oxidation sites excluding steroid dienone is 1. The van der Waals surface area contributed by atoms with E-state index in [1.165, 1.54) is 6.07 Å². The molecule has 4 rings (SSSR count). The second-order valence-electron chi connectivity index (χ2n) is 6.80. The first-order valence-corrected chi connectivity index (χ1v) is 7.62. The smallest absolute Gasteiger partial charge is 0.197 e. The largest absolute Gasteiger partial charge is 0.505 e. The number of Topliss-reactive ketones (excluding diaryl/α,β-unsaturated/α-hetero) is 1. The SMILES string of the molecule is CN1CCC23CC(=O)C(O)=CC2C1Cc1ccc(O)c(O)c13. The normalized spacial score (nSPS) is 33.9. The average Bonchev–Trinajstić information content (AvgIpc) is 2.48. The van der Waals surface area contributed by atoms with E-state index in [1.54, 1.807) is 6.08 Å². The Bertz CT molecular complexity index is 711. The third-order valence-electron chi connectivity index (χ3n) is 5.80. The fourth-order valence-electron chi connectivity index (χ4n) is 4.70. The molecule has 5 heteroatoms. The van der Waals surface area contributed by atoms with E-state index in [1.807, 2.05) is 6.07 Å². The standard InChI is InChI=1S/C17H19NO4/c1-18-5-4-17-8-14(21)13(20)7-10(17)11(18)6-9-2-3-12(19)16(22)15(9)17/h2-3,7,10-11,19-20,22H,4-6,8H2,1H3. The first-order valence-electron chi connectivity index (χ1n) is 7.62. The molecule has 22 heavy (non-hydrogen) atoms. The van der Waals surface area contributed by atoms with Gasteiger partial charge in [-0.3, -0.25) is 4.79 Å². The molecule has 0 radical (unpaired) electrons. The minimum atomic E-state index is -0.517. The van der Waals surface area contributed by atoms with Gasteiger partial charge in [-0.05, 0) is 44.1 Å². The average molecular weight is 301 g/mol. The Morgan fingerprint density at radius 3 is 2.82 bits per heavy atom. The van der Waals surface area contributed by atoms with Crippen LogP contribution in [0.5, 0.6) is 11.5 Å². The molecule has 3 N–H and O–H groups in total. The molecule has 1 aliphatic heterocycles. The van der Waals surface area contributed by atoms with Crippen LogP contribution in [0, 0.1) is 5.92 Å². The number of benzene rings is 1. The number of fused-ring (bicyclic) bond motifs is 1. The lowest BCUT2D eigenvalue weighted by Crippen LogP contribution is -2.60. The van der Waals surface area contributed by atoms with Crippen molar-refractivity contribution in [1.29, 1.82) is 0 Å². The second-order valence-corrected chi connectivity index (χ2v) is 6.80. The zero-order chi connectivity index (χ0) is 15.6. The first kappa shape index (κ1) is 13.6. The number of aliphatic hydroxyl groups is 1. The molecule has 3 atom stereocenters. The van der Waals surface area contributed by atoms with Crippen LogP contribution >= 0.6 is 0 Å². The molecule has 1 fully saturated rings. The van der Waals surface area contributed by atoms with Crippen molar-refractivity contribution in [2.75, 3.05) is 13.6 Å². The zero-order valence-corrected chi connectivity index (χ0v) is 12.4. The highest BCUT2D eigenvalue weighted by Gasteiger charge is 2.56.